The molecule has 1 saturated heterocycles. The molecule has 0 aromatic heterocycles. The standard InChI is InChI=1S/C7H13NO4/c1-10-7(9)6-3-5(4-8-6)12-11-2/h5-6,8H,3-4H2,1-2H3/t5-,6-/m1/s1. The van der Waals surface area contributed by atoms with Gasteiger partial charge in [-0.05, 0) is 0 Å². The fraction of sp³-hybridized carbons (Fsp3) is 0.857. The quantitative estimate of drug-likeness (QED) is 0.355. The second-order valence-electron chi connectivity index (χ2n) is 2.60. The number of nitrogens with one attached hydrogen (secondary N) is 1. The van der Waals surface area contributed by atoms with Crippen molar-refractivity contribution in [2.75, 3.05) is 20.8 Å². The third-order valence-electron chi connectivity index (χ3n) is 1.81. The van der Waals surface area contributed by atoms with Gasteiger partial charge < -0.3 is 10.1 Å². The van der Waals surface area contributed by atoms with Gasteiger partial charge in [0, 0.05) is 13.0 Å². The van der Waals surface area contributed by atoms with Crippen molar-refractivity contribution >= 4 is 5.97 Å². The van der Waals surface area contributed by atoms with Crippen LogP contribution in [0.2, 0.25) is 0 Å². The van der Waals surface area contributed by atoms with E-state index in [4.69, 9.17) is 4.89 Å². The molecule has 1 aliphatic heterocycles. The fourth-order valence-corrected chi connectivity index (χ4v) is 1.23. The third kappa shape index (κ3) is 2.17. The largest absolute Gasteiger partial charge is 0.468 e. The van der Waals surface area contributed by atoms with Crippen molar-refractivity contribution in [1.82, 2.24) is 5.32 Å². The molecule has 70 valence electrons. The number of rotatable bonds is 3. The molecule has 0 aromatic carbocycles. The predicted molar refractivity (Wildman–Crippen MR) is 40.3 cm³/mol. The van der Waals surface area contributed by atoms with Gasteiger partial charge in [0.2, 0.25) is 0 Å². The molecule has 0 aliphatic carbocycles. The lowest BCUT2D eigenvalue weighted by Gasteiger charge is -2.06. The van der Waals surface area contributed by atoms with E-state index in [1.807, 2.05) is 0 Å². The average Bonchev–Trinajstić information content (AvgIpc) is 2.52. The smallest absolute Gasteiger partial charge is 0.322 e. The fourth-order valence-electron chi connectivity index (χ4n) is 1.23. The maximum atomic E-state index is 11.0. The monoisotopic (exact) mass is 175 g/mol. The van der Waals surface area contributed by atoms with E-state index in [2.05, 4.69) is 14.9 Å². The first-order chi connectivity index (χ1) is 5.77. The van der Waals surface area contributed by atoms with Crippen molar-refractivity contribution in [2.24, 2.45) is 0 Å². The molecule has 0 aromatic rings. The zero-order chi connectivity index (χ0) is 8.97. The molecule has 1 fully saturated rings. The van der Waals surface area contributed by atoms with Crippen molar-refractivity contribution in [3.05, 3.63) is 0 Å². The van der Waals surface area contributed by atoms with E-state index < -0.39 is 0 Å². The zero-order valence-electron chi connectivity index (χ0n) is 7.20. The molecule has 12 heavy (non-hydrogen) atoms. The molecular formula is C7H13NO4. The van der Waals surface area contributed by atoms with Gasteiger partial charge in [-0.3, -0.25) is 4.79 Å². The molecule has 0 spiro atoms. The lowest BCUT2D eigenvalue weighted by Crippen LogP contribution is -2.31. The van der Waals surface area contributed by atoms with Crippen LogP contribution < -0.4 is 5.32 Å². The Kier molecular flexibility index (Phi) is 3.46. The summed E-state index contributed by atoms with van der Waals surface area (Å²) in [5.74, 6) is -0.253. The average molecular weight is 175 g/mol. The molecule has 1 N–H and O–H groups in total. The Hall–Kier alpha value is -0.650. The van der Waals surface area contributed by atoms with Crippen LogP contribution >= 0.6 is 0 Å². The molecule has 1 aliphatic rings. The number of ether oxygens (including phenoxy) is 1. The molecule has 0 amide bonds. The van der Waals surface area contributed by atoms with E-state index in [1.54, 1.807) is 0 Å². The van der Waals surface area contributed by atoms with E-state index in [9.17, 15) is 4.79 Å². The van der Waals surface area contributed by atoms with Crippen molar-refractivity contribution in [3.63, 3.8) is 0 Å². The highest BCUT2D eigenvalue weighted by molar-refractivity contribution is 5.76. The van der Waals surface area contributed by atoms with Crippen molar-refractivity contribution in [2.45, 2.75) is 18.6 Å². The highest BCUT2D eigenvalue weighted by atomic mass is 17.2. The van der Waals surface area contributed by atoms with Crippen molar-refractivity contribution in [1.29, 1.82) is 0 Å². The van der Waals surface area contributed by atoms with Crippen LogP contribution in [0.1, 0.15) is 6.42 Å². The summed E-state index contributed by atoms with van der Waals surface area (Å²) >= 11 is 0. The van der Waals surface area contributed by atoms with Gasteiger partial charge in [0.25, 0.3) is 0 Å². The first-order valence-corrected chi connectivity index (χ1v) is 3.78. The lowest BCUT2D eigenvalue weighted by molar-refractivity contribution is -0.300. The van der Waals surface area contributed by atoms with Gasteiger partial charge >= 0.3 is 5.97 Å². The first kappa shape index (κ1) is 9.44. The molecule has 1 heterocycles. The second-order valence-corrected chi connectivity index (χ2v) is 2.60. The highest BCUT2D eigenvalue weighted by Gasteiger charge is 2.31. The van der Waals surface area contributed by atoms with E-state index in [1.165, 1.54) is 14.2 Å². The van der Waals surface area contributed by atoms with Gasteiger partial charge in [0.05, 0.1) is 14.2 Å². The molecule has 0 radical (unpaired) electrons. The third-order valence-corrected chi connectivity index (χ3v) is 1.81. The zero-order valence-corrected chi connectivity index (χ0v) is 7.20. The molecular weight excluding hydrogens is 162 g/mol. The van der Waals surface area contributed by atoms with Gasteiger partial charge in [-0.15, -0.1) is 0 Å². The number of esters is 1. The summed E-state index contributed by atoms with van der Waals surface area (Å²) in [6.45, 7) is 0.619. The minimum absolute atomic E-state index is 0.0564. The van der Waals surface area contributed by atoms with Gasteiger partial charge in [0.15, 0.2) is 0 Å². The Labute approximate surface area is 70.9 Å². The summed E-state index contributed by atoms with van der Waals surface area (Å²) in [6.07, 6.45) is 0.541. The topological polar surface area (TPSA) is 56.8 Å². The molecule has 0 unspecified atom stereocenters. The molecule has 5 heteroatoms. The minimum atomic E-state index is -0.254. The minimum Gasteiger partial charge on any atom is -0.468 e. The van der Waals surface area contributed by atoms with E-state index in [0.29, 0.717) is 13.0 Å². The number of carbonyl (C=O) groups excluding carboxylic acids is 1. The predicted octanol–water partition coefficient (Wildman–Crippen LogP) is -0.532. The van der Waals surface area contributed by atoms with Crippen LogP contribution in [0.5, 0.6) is 0 Å². The second kappa shape index (κ2) is 4.39. The van der Waals surface area contributed by atoms with Gasteiger partial charge in [0.1, 0.15) is 12.1 Å². The normalized spacial score (nSPS) is 28.8. The van der Waals surface area contributed by atoms with Gasteiger partial charge in [-0.2, -0.15) is 0 Å². The highest BCUT2D eigenvalue weighted by Crippen LogP contribution is 2.11. The Morgan fingerprint density at radius 3 is 2.83 bits per heavy atom. The number of carbonyl (C=O) groups is 1. The van der Waals surface area contributed by atoms with Crippen LogP contribution in [-0.4, -0.2) is 38.9 Å². The number of methoxy groups -OCH3 is 1. The Bertz CT molecular complexity index is 161. The van der Waals surface area contributed by atoms with Crippen molar-refractivity contribution in [3.8, 4) is 0 Å². The van der Waals surface area contributed by atoms with Gasteiger partial charge in [-0.1, -0.05) is 0 Å². The van der Waals surface area contributed by atoms with E-state index in [0.717, 1.165) is 0 Å². The van der Waals surface area contributed by atoms with E-state index >= 15 is 0 Å². The van der Waals surface area contributed by atoms with Crippen LogP contribution in [0.15, 0.2) is 0 Å². The van der Waals surface area contributed by atoms with Crippen molar-refractivity contribution < 1.29 is 19.3 Å². The molecule has 1 rings (SSSR count). The van der Waals surface area contributed by atoms with Crippen LogP contribution in [0.4, 0.5) is 0 Å². The summed E-state index contributed by atoms with van der Waals surface area (Å²) in [6, 6.07) is -0.254. The van der Waals surface area contributed by atoms with Gasteiger partial charge in [-0.25, -0.2) is 9.78 Å². The summed E-state index contributed by atoms with van der Waals surface area (Å²) in [4.78, 5) is 20.3. The van der Waals surface area contributed by atoms with Crippen LogP contribution in [-0.2, 0) is 19.3 Å². The lowest BCUT2D eigenvalue weighted by atomic mass is 10.2. The Morgan fingerprint density at radius 1 is 1.50 bits per heavy atom. The van der Waals surface area contributed by atoms with Crippen LogP contribution in [0.3, 0.4) is 0 Å². The maximum Gasteiger partial charge on any atom is 0.322 e. The summed E-state index contributed by atoms with van der Waals surface area (Å²) in [5, 5.41) is 2.96. The molecule has 0 saturated carbocycles. The summed E-state index contributed by atoms with van der Waals surface area (Å²) in [5.41, 5.74) is 0. The molecule has 5 nitrogen and oxygen atoms in total. The van der Waals surface area contributed by atoms with Crippen LogP contribution in [0.25, 0.3) is 0 Å². The molecule has 2 atom stereocenters. The summed E-state index contributed by atoms with van der Waals surface area (Å²) < 4.78 is 4.56. The Balaban J connectivity index is 2.30. The first-order valence-electron chi connectivity index (χ1n) is 3.78. The van der Waals surface area contributed by atoms with Crippen LogP contribution in [0, 0.1) is 0 Å². The molecule has 0 bridgehead atoms. The summed E-state index contributed by atoms with van der Waals surface area (Å²) in [7, 11) is 2.82. The number of hydrogen-bond donors (Lipinski definition) is 1. The SMILES string of the molecule is COO[C@H]1CN[C@@H](C(=O)OC)C1. The maximum absolute atomic E-state index is 11.0. The Morgan fingerprint density at radius 2 is 2.25 bits per heavy atom. The van der Waals surface area contributed by atoms with E-state index in [-0.39, 0.29) is 18.1 Å². The number of hydrogen-bond acceptors (Lipinski definition) is 5.